The van der Waals surface area contributed by atoms with Crippen LogP contribution in [0, 0.1) is 5.92 Å². The van der Waals surface area contributed by atoms with Crippen molar-refractivity contribution < 1.29 is 4.79 Å². The molecule has 0 aliphatic carbocycles. The summed E-state index contributed by atoms with van der Waals surface area (Å²) in [7, 11) is 0. The summed E-state index contributed by atoms with van der Waals surface area (Å²) in [5.41, 5.74) is 5.74. The number of rotatable bonds is 6. The van der Waals surface area contributed by atoms with E-state index in [0.717, 1.165) is 15.7 Å². The largest absolute Gasteiger partial charge is 0.354 e. The van der Waals surface area contributed by atoms with E-state index >= 15 is 0 Å². The van der Waals surface area contributed by atoms with Crippen LogP contribution in [-0.4, -0.2) is 24.2 Å². The minimum absolute atomic E-state index is 0.0818. The highest BCUT2D eigenvalue weighted by molar-refractivity contribution is 7.99. The van der Waals surface area contributed by atoms with Crippen LogP contribution in [0.3, 0.4) is 0 Å². The van der Waals surface area contributed by atoms with Gasteiger partial charge in [0.15, 0.2) is 0 Å². The third kappa shape index (κ3) is 5.29. The quantitative estimate of drug-likeness (QED) is 0.624. The van der Waals surface area contributed by atoms with E-state index < -0.39 is 6.04 Å². The molecule has 0 fully saturated rings. The molecule has 3 N–H and O–H groups in total. The summed E-state index contributed by atoms with van der Waals surface area (Å²) in [6.07, 6.45) is 0. The SMILES string of the molecule is CC(C)[C@H](N)C(=O)NCCSc1ccc(Cl)cc1. The molecule has 1 rings (SSSR count). The van der Waals surface area contributed by atoms with Crippen molar-refractivity contribution >= 4 is 29.3 Å². The number of nitrogens with two attached hydrogens (primary N) is 1. The lowest BCUT2D eigenvalue weighted by molar-refractivity contribution is -0.123. The normalized spacial score (nSPS) is 12.5. The Hall–Kier alpha value is -0.710. The first-order valence-electron chi connectivity index (χ1n) is 5.92. The van der Waals surface area contributed by atoms with E-state index in [1.807, 2.05) is 38.1 Å². The molecule has 0 saturated heterocycles. The smallest absolute Gasteiger partial charge is 0.237 e. The Morgan fingerprint density at radius 3 is 2.56 bits per heavy atom. The standard InChI is InChI=1S/C13H19ClN2OS/c1-9(2)12(15)13(17)16-7-8-18-11-5-3-10(14)4-6-11/h3-6,9,12H,7-8,15H2,1-2H3,(H,16,17)/t12-/m0/s1. The maximum Gasteiger partial charge on any atom is 0.237 e. The molecule has 1 atom stereocenters. The van der Waals surface area contributed by atoms with Crippen LogP contribution in [0.1, 0.15) is 13.8 Å². The highest BCUT2D eigenvalue weighted by atomic mass is 35.5. The van der Waals surface area contributed by atoms with E-state index in [9.17, 15) is 4.79 Å². The Morgan fingerprint density at radius 1 is 1.39 bits per heavy atom. The van der Waals surface area contributed by atoms with E-state index in [-0.39, 0.29) is 11.8 Å². The molecule has 1 aromatic rings. The lowest BCUT2D eigenvalue weighted by atomic mass is 10.1. The number of hydrogen-bond acceptors (Lipinski definition) is 3. The number of hydrogen-bond donors (Lipinski definition) is 2. The molecule has 1 aromatic carbocycles. The Labute approximate surface area is 117 Å². The topological polar surface area (TPSA) is 55.1 Å². The first-order valence-corrected chi connectivity index (χ1v) is 7.28. The van der Waals surface area contributed by atoms with Gasteiger partial charge in [-0.1, -0.05) is 25.4 Å². The van der Waals surface area contributed by atoms with Crippen LogP contribution >= 0.6 is 23.4 Å². The number of carbonyl (C=O) groups is 1. The monoisotopic (exact) mass is 286 g/mol. The van der Waals surface area contributed by atoms with Crippen molar-refractivity contribution in [3.05, 3.63) is 29.3 Å². The molecule has 0 unspecified atom stereocenters. The van der Waals surface area contributed by atoms with Crippen LogP contribution in [0.4, 0.5) is 0 Å². The van der Waals surface area contributed by atoms with Crippen LogP contribution in [0.15, 0.2) is 29.2 Å². The highest BCUT2D eigenvalue weighted by Crippen LogP contribution is 2.19. The van der Waals surface area contributed by atoms with Gasteiger partial charge in [0.2, 0.25) is 5.91 Å². The molecule has 100 valence electrons. The summed E-state index contributed by atoms with van der Waals surface area (Å²) >= 11 is 7.48. The predicted molar refractivity (Wildman–Crippen MR) is 78.0 cm³/mol. The van der Waals surface area contributed by atoms with Gasteiger partial charge in [-0.05, 0) is 30.2 Å². The Balaban J connectivity index is 2.23. The van der Waals surface area contributed by atoms with Gasteiger partial charge < -0.3 is 11.1 Å². The molecule has 0 aliphatic heterocycles. The summed E-state index contributed by atoms with van der Waals surface area (Å²) in [5, 5.41) is 3.57. The second-order valence-corrected chi connectivity index (χ2v) is 5.97. The lowest BCUT2D eigenvalue weighted by Crippen LogP contribution is -2.44. The van der Waals surface area contributed by atoms with Crippen LogP contribution < -0.4 is 11.1 Å². The fourth-order valence-corrected chi connectivity index (χ4v) is 2.19. The van der Waals surface area contributed by atoms with Crippen molar-refractivity contribution in [2.75, 3.05) is 12.3 Å². The van der Waals surface area contributed by atoms with E-state index in [1.165, 1.54) is 0 Å². The number of thioether (sulfide) groups is 1. The zero-order valence-electron chi connectivity index (χ0n) is 10.7. The fourth-order valence-electron chi connectivity index (χ4n) is 1.29. The number of benzene rings is 1. The summed E-state index contributed by atoms with van der Waals surface area (Å²) < 4.78 is 0. The third-order valence-electron chi connectivity index (χ3n) is 2.50. The summed E-state index contributed by atoms with van der Waals surface area (Å²) in [5.74, 6) is 0.897. The third-order valence-corrected chi connectivity index (χ3v) is 3.77. The first-order chi connectivity index (χ1) is 8.50. The number of halogens is 1. The number of amides is 1. The maximum absolute atomic E-state index is 11.6. The lowest BCUT2D eigenvalue weighted by Gasteiger charge is -2.15. The Kier molecular flexibility index (Phi) is 6.54. The predicted octanol–water partition coefficient (Wildman–Crippen LogP) is 2.53. The van der Waals surface area contributed by atoms with E-state index in [4.69, 9.17) is 17.3 Å². The fraction of sp³-hybridized carbons (Fsp3) is 0.462. The molecule has 0 spiro atoms. The molecule has 5 heteroatoms. The molecule has 0 heterocycles. The summed E-state index contributed by atoms with van der Waals surface area (Å²) in [4.78, 5) is 12.7. The summed E-state index contributed by atoms with van der Waals surface area (Å²) in [6.45, 7) is 4.49. The van der Waals surface area contributed by atoms with Crippen molar-refractivity contribution in [1.82, 2.24) is 5.32 Å². The second-order valence-electron chi connectivity index (χ2n) is 4.36. The van der Waals surface area contributed by atoms with Crippen LogP contribution in [0.2, 0.25) is 5.02 Å². The summed E-state index contributed by atoms with van der Waals surface area (Å²) in [6, 6.07) is 7.23. The van der Waals surface area contributed by atoms with Gasteiger partial charge in [0.05, 0.1) is 6.04 Å². The van der Waals surface area contributed by atoms with Gasteiger partial charge in [0, 0.05) is 22.2 Å². The molecular formula is C13H19ClN2OS. The molecular weight excluding hydrogens is 268 g/mol. The zero-order chi connectivity index (χ0) is 13.5. The van der Waals surface area contributed by atoms with Gasteiger partial charge in [0.1, 0.15) is 0 Å². The number of nitrogens with one attached hydrogen (secondary N) is 1. The van der Waals surface area contributed by atoms with E-state index in [0.29, 0.717) is 6.54 Å². The number of carbonyl (C=O) groups excluding carboxylic acids is 1. The van der Waals surface area contributed by atoms with Gasteiger partial charge in [-0.2, -0.15) is 0 Å². The molecule has 1 amide bonds. The maximum atomic E-state index is 11.6. The molecule has 0 bridgehead atoms. The molecule has 0 saturated carbocycles. The van der Waals surface area contributed by atoms with Crippen LogP contribution in [0.25, 0.3) is 0 Å². The molecule has 0 aliphatic rings. The van der Waals surface area contributed by atoms with Crippen molar-refractivity contribution in [2.24, 2.45) is 11.7 Å². The highest BCUT2D eigenvalue weighted by Gasteiger charge is 2.15. The zero-order valence-corrected chi connectivity index (χ0v) is 12.2. The van der Waals surface area contributed by atoms with Gasteiger partial charge in [0.25, 0.3) is 0 Å². The molecule has 3 nitrogen and oxygen atoms in total. The second kappa shape index (κ2) is 7.67. The van der Waals surface area contributed by atoms with Crippen molar-refractivity contribution in [1.29, 1.82) is 0 Å². The molecule has 18 heavy (non-hydrogen) atoms. The van der Waals surface area contributed by atoms with Crippen molar-refractivity contribution in [3.63, 3.8) is 0 Å². The minimum atomic E-state index is -0.425. The first kappa shape index (κ1) is 15.3. The molecule has 0 aromatic heterocycles. The van der Waals surface area contributed by atoms with E-state index in [1.54, 1.807) is 11.8 Å². The van der Waals surface area contributed by atoms with Gasteiger partial charge in [-0.25, -0.2) is 0 Å². The average molecular weight is 287 g/mol. The van der Waals surface area contributed by atoms with Crippen LogP contribution in [0.5, 0.6) is 0 Å². The van der Waals surface area contributed by atoms with Gasteiger partial charge in [-0.3, -0.25) is 4.79 Å². The van der Waals surface area contributed by atoms with Crippen molar-refractivity contribution in [3.8, 4) is 0 Å². The molecule has 0 radical (unpaired) electrons. The van der Waals surface area contributed by atoms with E-state index in [2.05, 4.69) is 5.32 Å². The Morgan fingerprint density at radius 2 is 2.00 bits per heavy atom. The minimum Gasteiger partial charge on any atom is -0.354 e. The van der Waals surface area contributed by atoms with Gasteiger partial charge in [-0.15, -0.1) is 11.8 Å². The Bertz CT molecular complexity index is 381. The van der Waals surface area contributed by atoms with Gasteiger partial charge >= 0.3 is 0 Å². The average Bonchev–Trinajstić information content (AvgIpc) is 2.35. The van der Waals surface area contributed by atoms with Crippen LogP contribution in [-0.2, 0) is 4.79 Å². The van der Waals surface area contributed by atoms with Crippen molar-refractivity contribution in [2.45, 2.75) is 24.8 Å².